The average Bonchev–Trinajstić information content (AvgIpc) is 2.30. The molecule has 0 aliphatic heterocycles. The summed E-state index contributed by atoms with van der Waals surface area (Å²) in [5, 5.41) is 0. The second-order valence-corrected chi connectivity index (χ2v) is 4.35. The number of carbonyl (C=O) groups excluding carboxylic acids is 1. The van der Waals surface area contributed by atoms with Gasteiger partial charge in [0.2, 0.25) is 0 Å². The largest absolute Gasteiger partial charge is 0.456 e. The molecule has 0 aliphatic carbocycles. The molecule has 0 amide bonds. The van der Waals surface area contributed by atoms with Gasteiger partial charge in [0.25, 0.3) is 0 Å². The topological polar surface area (TPSA) is 39.2 Å². The van der Waals surface area contributed by atoms with Crippen LogP contribution in [0.3, 0.4) is 0 Å². The molecule has 1 aromatic carbocycles. The van der Waals surface area contributed by atoms with Crippen molar-refractivity contribution in [3.8, 4) is 11.5 Å². The maximum Gasteiger partial charge on any atom is 0.153 e. The van der Waals surface area contributed by atoms with Crippen molar-refractivity contribution in [2.45, 2.75) is 13.8 Å². The highest BCUT2D eigenvalue weighted by Crippen LogP contribution is 2.24. The van der Waals surface area contributed by atoms with Crippen LogP contribution in [-0.2, 0) is 0 Å². The second-order valence-electron chi connectivity index (χ2n) is 4.35. The number of pyridine rings is 1. The van der Waals surface area contributed by atoms with Crippen LogP contribution in [-0.4, -0.2) is 19.1 Å². The first-order valence-corrected chi connectivity index (χ1v) is 5.77. The third kappa shape index (κ3) is 2.77. The van der Waals surface area contributed by atoms with Gasteiger partial charge in [0, 0.05) is 23.5 Å². The summed E-state index contributed by atoms with van der Waals surface area (Å²) in [7, 11) is 1.94. The number of aldehydes is 1. The minimum absolute atomic E-state index is 0.558. The van der Waals surface area contributed by atoms with E-state index in [0.717, 1.165) is 23.1 Å². The molecular weight excluding hydrogens is 225 g/mol. The molecule has 0 unspecified atom stereocenters. The Balaban J connectivity index is 2.36. The van der Waals surface area contributed by atoms with Crippen molar-refractivity contribution < 1.29 is 9.53 Å². The number of hydrogen-bond acceptors (Lipinski definition) is 3. The fraction of sp³-hybridized carbons (Fsp3) is 0.143. The van der Waals surface area contributed by atoms with Crippen molar-refractivity contribution in [1.29, 1.82) is 0 Å². The van der Waals surface area contributed by atoms with Gasteiger partial charge in [-0.1, -0.05) is 17.6 Å². The molecule has 0 spiro atoms. The Kier molecular flexibility index (Phi) is 3.46. The molecule has 0 atom stereocenters. The molecule has 90 valence electrons. The zero-order valence-corrected chi connectivity index (χ0v) is 10.7. The Labute approximate surface area is 107 Å². The minimum Gasteiger partial charge on any atom is -0.456 e. The van der Waals surface area contributed by atoms with E-state index in [0.29, 0.717) is 17.1 Å². The van der Waals surface area contributed by atoms with Gasteiger partial charge >= 0.3 is 0 Å². The molecule has 0 N–H and O–H groups in total. The van der Waals surface area contributed by atoms with Crippen LogP contribution in [0.1, 0.15) is 21.7 Å². The molecule has 0 saturated heterocycles. The predicted octanol–water partition coefficient (Wildman–Crippen LogP) is 1.56. The zero-order valence-electron chi connectivity index (χ0n) is 10.7. The van der Waals surface area contributed by atoms with Crippen LogP contribution in [0.5, 0.6) is 11.5 Å². The summed E-state index contributed by atoms with van der Waals surface area (Å²) in [6, 6.07) is 9.24. The fourth-order valence-corrected chi connectivity index (χ4v) is 1.83. The van der Waals surface area contributed by atoms with E-state index in [1.807, 2.05) is 52.0 Å². The van der Waals surface area contributed by atoms with E-state index in [1.165, 1.54) is 0 Å². The summed E-state index contributed by atoms with van der Waals surface area (Å²) in [5.74, 6) is 1.27. The van der Waals surface area contributed by atoms with E-state index in [4.69, 9.17) is 4.74 Å². The van der Waals surface area contributed by atoms with Gasteiger partial charge in [0.1, 0.15) is 19.3 Å². The van der Waals surface area contributed by atoms with E-state index < -0.39 is 0 Å². The SMILES string of the molecule is Bc1ccc(Oc2cc(C)nc(C)c2)c(C=O)c1. The van der Waals surface area contributed by atoms with Crippen LogP contribution in [0.25, 0.3) is 0 Å². The lowest BCUT2D eigenvalue weighted by Crippen LogP contribution is -2.04. The molecule has 4 heteroatoms. The van der Waals surface area contributed by atoms with Crippen molar-refractivity contribution in [2.75, 3.05) is 0 Å². The van der Waals surface area contributed by atoms with Crippen LogP contribution in [0.15, 0.2) is 30.3 Å². The number of benzene rings is 1. The number of nitrogens with zero attached hydrogens (tertiary/aromatic N) is 1. The fourth-order valence-electron chi connectivity index (χ4n) is 1.83. The van der Waals surface area contributed by atoms with Gasteiger partial charge in [-0.15, -0.1) is 0 Å². The first-order valence-electron chi connectivity index (χ1n) is 5.77. The number of rotatable bonds is 3. The van der Waals surface area contributed by atoms with E-state index in [1.54, 1.807) is 0 Å². The molecule has 2 rings (SSSR count). The molecule has 3 nitrogen and oxygen atoms in total. The van der Waals surface area contributed by atoms with Crippen molar-refractivity contribution in [2.24, 2.45) is 0 Å². The second kappa shape index (κ2) is 5.04. The normalized spacial score (nSPS) is 10.1. The molecule has 18 heavy (non-hydrogen) atoms. The smallest absolute Gasteiger partial charge is 0.153 e. The Morgan fingerprint density at radius 2 is 1.83 bits per heavy atom. The van der Waals surface area contributed by atoms with Crippen LogP contribution >= 0.6 is 0 Å². The van der Waals surface area contributed by atoms with E-state index in [2.05, 4.69) is 4.98 Å². The monoisotopic (exact) mass is 239 g/mol. The summed E-state index contributed by atoms with van der Waals surface area (Å²) in [6.07, 6.45) is 0.809. The standard InChI is InChI=1S/C14H14BNO2/c1-9-5-13(6-10(2)16-9)18-14-4-3-12(15)7-11(14)8-17/h3-8H,15H2,1-2H3. The van der Waals surface area contributed by atoms with Crippen molar-refractivity contribution in [3.63, 3.8) is 0 Å². The molecule has 0 fully saturated rings. The zero-order chi connectivity index (χ0) is 13.1. The van der Waals surface area contributed by atoms with Crippen LogP contribution < -0.4 is 10.2 Å². The Morgan fingerprint density at radius 3 is 2.44 bits per heavy atom. The summed E-state index contributed by atoms with van der Waals surface area (Å²) in [5.41, 5.74) is 3.38. The first kappa shape index (κ1) is 12.4. The van der Waals surface area contributed by atoms with Gasteiger partial charge in [0.05, 0.1) is 5.56 Å². The van der Waals surface area contributed by atoms with Gasteiger partial charge in [-0.2, -0.15) is 0 Å². The van der Waals surface area contributed by atoms with E-state index in [9.17, 15) is 4.79 Å². The Hall–Kier alpha value is -2.10. The molecule has 0 saturated carbocycles. The maximum atomic E-state index is 11.0. The highest BCUT2D eigenvalue weighted by atomic mass is 16.5. The van der Waals surface area contributed by atoms with Gasteiger partial charge in [-0.05, 0) is 19.9 Å². The average molecular weight is 239 g/mol. The minimum atomic E-state index is 0.558. The van der Waals surface area contributed by atoms with Crippen LogP contribution in [0.2, 0.25) is 0 Å². The lowest BCUT2D eigenvalue weighted by molar-refractivity contribution is 0.112. The third-order valence-electron chi connectivity index (χ3n) is 2.58. The highest BCUT2D eigenvalue weighted by molar-refractivity contribution is 6.32. The van der Waals surface area contributed by atoms with Gasteiger partial charge in [-0.3, -0.25) is 9.78 Å². The molecule has 0 bridgehead atoms. The summed E-state index contributed by atoms with van der Waals surface area (Å²) in [4.78, 5) is 15.3. The number of hydrogen-bond donors (Lipinski definition) is 0. The summed E-state index contributed by atoms with van der Waals surface area (Å²) >= 11 is 0. The predicted molar refractivity (Wildman–Crippen MR) is 73.8 cm³/mol. The maximum absolute atomic E-state index is 11.0. The molecule has 0 radical (unpaired) electrons. The first-order chi connectivity index (χ1) is 8.58. The van der Waals surface area contributed by atoms with Crippen molar-refractivity contribution in [1.82, 2.24) is 4.98 Å². The Morgan fingerprint density at radius 1 is 1.17 bits per heavy atom. The van der Waals surface area contributed by atoms with Gasteiger partial charge < -0.3 is 4.74 Å². The lowest BCUT2D eigenvalue weighted by atomic mass is 9.94. The number of aromatic nitrogens is 1. The van der Waals surface area contributed by atoms with Crippen LogP contribution in [0.4, 0.5) is 0 Å². The van der Waals surface area contributed by atoms with Crippen LogP contribution in [0, 0.1) is 13.8 Å². The van der Waals surface area contributed by atoms with E-state index in [-0.39, 0.29) is 0 Å². The molecule has 1 aromatic heterocycles. The van der Waals surface area contributed by atoms with Gasteiger partial charge in [0.15, 0.2) is 6.29 Å². The summed E-state index contributed by atoms with van der Waals surface area (Å²) in [6.45, 7) is 3.82. The number of ether oxygens (including phenoxy) is 1. The molecular formula is C14H14BNO2. The Bertz CT molecular complexity index is 576. The van der Waals surface area contributed by atoms with Crippen molar-refractivity contribution >= 4 is 19.6 Å². The quantitative estimate of drug-likeness (QED) is 0.602. The van der Waals surface area contributed by atoms with E-state index >= 15 is 0 Å². The number of aryl methyl sites for hydroxylation is 2. The van der Waals surface area contributed by atoms with Gasteiger partial charge in [-0.25, -0.2) is 0 Å². The van der Waals surface area contributed by atoms with Crippen molar-refractivity contribution in [3.05, 3.63) is 47.3 Å². The summed E-state index contributed by atoms with van der Waals surface area (Å²) < 4.78 is 5.75. The third-order valence-corrected chi connectivity index (χ3v) is 2.58. The molecule has 1 heterocycles. The number of carbonyl (C=O) groups is 1. The highest BCUT2D eigenvalue weighted by Gasteiger charge is 2.05. The lowest BCUT2D eigenvalue weighted by Gasteiger charge is -2.09. The molecule has 2 aromatic rings. The molecule has 0 aliphatic rings.